The summed E-state index contributed by atoms with van der Waals surface area (Å²) in [7, 11) is 0. The number of aliphatic hydroxyl groups is 2. The number of carbonyl (C=O) groups excluding carboxylic acids is 1. The Morgan fingerprint density at radius 1 is 1.12 bits per heavy atom. The zero-order chi connectivity index (χ0) is 13.2. The highest BCUT2D eigenvalue weighted by Crippen LogP contribution is 2.22. The number of benzene rings is 1. The zero-order valence-electron chi connectivity index (χ0n) is 10.8. The molecule has 94 valence electrons. The van der Waals surface area contributed by atoms with Crippen molar-refractivity contribution in [2.75, 3.05) is 0 Å². The second-order valence-electron chi connectivity index (χ2n) is 5.15. The molecule has 1 unspecified atom stereocenters. The molecule has 0 radical (unpaired) electrons. The van der Waals surface area contributed by atoms with Gasteiger partial charge < -0.3 is 10.2 Å². The molecule has 0 aromatic heterocycles. The molecule has 0 heterocycles. The van der Waals surface area contributed by atoms with Gasteiger partial charge in [-0.05, 0) is 30.9 Å². The maximum Gasteiger partial charge on any atom is 0.196 e. The third kappa shape index (κ3) is 3.38. The van der Waals surface area contributed by atoms with Crippen LogP contribution in [-0.4, -0.2) is 21.6 Å². The van der Waals surface area contributed by atoms with E-state index in [4.69, 9.17) is 0 Å². The van der Waals surface area contributed by atoms with E-state index >= 15 is 0 Å². The van der Waals surface area contributed by atoms with E-state index in [9.17, 15) is 15.0 Å². The fourth-order valence-corrected chi connectivity index (χ4v) is 1.55. The van der Waals surface area contributed by atoms with Crippen LogP contribution in [0.1, 0.15) is 50.8 Å². The van der Waals surface area contributed by atoms with Crippen LogP contribution >= 0.6 is 0 Å². The molecule has 0 aliphatic rings. The second-order valence-corrected chi connectivity index (χ2v) is 5.15. The lowest BCUT2D eigenvalue weighted by molar-refractivity contribution is -0.143. The van der Waals surface area contributed by atoms with Crippen molar-refractivity contribution in [3.05, 3.63) is 35.4 Å². The molecule has 1 aromatic carbocycles. The monoisotopic (exact) mass is 236 g/mol. The molecule has 17 heavy (non-hydrogen) atoms. The van der Waals surface area contributed by atoms with Gasteiger partial charge in [-0.15, -0.1) is 0 Å². The van der Waals surface area contributed by atoms with Crippen LogP contribution in [0.3, 0.4) is 0 Å². The van der Waals surface area contributed by atoms with Crippen LogP contribution in [0.15, 0.2) is 24.3 Å². The average Bonchev–Trinajstić information content (AvgIpc) is 2.26. The predicted molar refractivity (Wildman–Crippen MR) is 66.8 cm³/mol. The lowest BCUT2D eigenvalue weighted by Crippen LogP contribution is -2.35. The minimum atomic E-state index is -1.52. The van der Waals surface area contributed by atoms with E-state index in [2.05, 4.69) is 13.8 Å². The Hall–Kier alpha value is -1.19. The third-order valence-corrected chi connectivity index (χ3v) is 2.77. The average molecular weight is 236 g/mol. The van der Waals surface area contributed by atoms with E-state index in [1.807, 2.05) is 12.1 Å². The van der Waals surface area contributed by atoms with E-state index in [-0.39, 0.29) is 0 Å². The lowest BCUT2D eigenvalue weighted by atomic mass is 9.93. The largest absolute Gasteiger partial charge is 0.383 e. The van der Waals surface area contributed by atoms with Gasteiger partial charge in [-0.2, -0.15) is 0 Å². The number of ketones is 1. The molecule has 0 saturated carbocycles. The summed E-state index contributed by atoms with van der Waals surface area (Å²) in [5, 5.41) is 19.4. The Labute approximate surface area is 102 Å². The van der Waals surface area contributed by atoms with Crippen molar-refractivity contribution in [3.8, 4) is 0 Å². The van der Waals surface area contributed by atoms with Crippen molar-refractivity contribution in [1.82, 2.24) is 0 Å². The fraction of sp³-hybridized carbons (Fsp3) is 0.500. The summed E-state index contributed by atoms with van der Waals surface area (Å²) >= 11 is 0. The van der Waals surface area contributed by atoms with Crippen LogP contribution in [-0.2, 0) is 4.79 Å². The molecule has 0 aliphatic heterocycles. The highest BCUT2D eigenvalue weighted by atomic mass is 16.3. The van der Waals surface area contributed by atoms with Crippen LogP contribution in [0, 0.1) is 0 Å². The van der Waals surface area contributed by atoms with Gasteiger partial charge in [0.1, 0.15) is 11.7 Å². The van der Waals surface area contributed by atoms with Crippen molar-refractivity contribution < 1.29 is 15.0 Å². The van der Waals surface area contributed by atoms with E-state index in [1.54, 1.807) is 12.1 Å². The summed E-state index contributed by atoms with van der Waals surface area (Å²) in [6, 6.07) is 7.23. The fourth-order valence-electron chi connectivity index (χ4n) is 1.55. The molecule has 0 saturated heterocycles. The number of Topliss-reactive ketones (excluding diaryl/α,β-unsaturated/α-hetero) is 1. The molecule has 1 rings (SSSR count). The van der Waals surface area contributed by atoms with E-state index in [0.717, 1.165) is 5.56 Å². The second kappa shape index (κ2) is 4.98. The Morgan fingerprint density at radius 2 is 1.53 bits per heavy atom. The minimum absolute atomic E-state index is 0.408. The number of rotatable bonds is 4. The first-order valence-corrected chi connectivity index (χ1v) is 5.78. The summed E-state index contributed by atoms with van der Waals surface area (Å²) in [5.41, 5.74) is 0.147. The summed E-state index contributed by atoms with van der Waals surface area (Å²) in [6.45, 7) is 6.91. The first-order chi connectivity index (χ1) is 7.73. The quantitative estimate of drug-likeness (QED) is 0.842. The van der Waals surface area contributed by atoms with Crippen molar-refractivity contribution in [3.63, 3.8) is 0 Å². The topological polar surface area (TPSA) is 57.5 Å². The van der Waals surface area contributed by atoms with Gasteiger partial charge in [-0.25, -0.2) is 0 Å². The number of hydrogen-bond donors (Lipinski definition) is 2. The van der Waals surface area contributed by atoms with Crippen molar-refractivity contribution in [2.45, 2.75) is 45.3 Å². The van der Waals surface area contributed by atoms with Gasteiger partial charge >= 0.3 is 0 Å². The standard InChI is InChI=1S/C14H20O3/c1-9(2)10-5-7-11(8-6-10)12(15)13(16)14(3,4)17/h5-9,12,15,17H,1-4H3. The zero-order valence-corrected chi connectivity index (χ0v) is 10.8. The number of carbonyl (C=O) groups is 1. The van der Waals surface area contributed by atoms with E-state index < -0.39 is 17.5 Å². The Balaban J connectivity index is 2.91. The molecule has 0 aliphatic carbocycles. The van der Waals surface area contributed by atoms with Gasteiger partial charge in [-0.3, -0.25) is 4.79 Å². The first kappa shape index (κ1) is 13.9. The molecule has 3 nitrogen and oxygen atoms in total. The Morgan fingerprint density at radius 3 is 1.88 bits per heavy atom. The van der Waals surface area contributed by atoms with Crippen molar-refractivity contribution in [1.29, 1.82) is 0 Å². The summed E-state index contributed by atoms with van der Waals surface area (Å²) in [4.78, 5) is 11.7. The Kier molecular flexibility index (Phi) is 4.07. The maximum absolute atomic E-state index is 11.7. The van der Waals surface area contributed by atoms with Crippen LogP contribution < -0.4 is 0 Å². The lowest BCUT2D eigenvalue weighted by Gasteiger charge is -2.20. The molecule has 0 bridgehead atoms. The molecule has 1 aromatic rings. The van der Waals surface area contributed by atoms with Crippen LogP contribution in [0.2, 0.25) is 0 Å². The van der Waals surface area contributed by atoms with Gasteiger partial charge in [0.15, 0.2) is 5.78 Å². The van der Waals surface area contributed by atoms with Crippen LogP contribution in [0.25, 0.3) is 0 Å². The van der Waals surface area contributed by atoms with E-state index in [0.29, 0.717) is 11.5 Å². The molecular weight excluding hydrogens is 216 g/mol. The maximum atomic E-state index is 11.7. The minimum Gasteiger partial charge on any atom is -0.383 e. The van der Waals surface area contributed by atoms with Gasteiger partial charge in [0.05, 0.1) is 0 Å². The number of hydrogen-bond acceptors (Lipinski definition) is 3. The molecule has 0 amide bonds. The van der Waals surface area contributed by atoms with Gasteiger partial charge in [-0.1, -0.05) is 38.1 Å². The predicted octanol–water partition coefficient (Wildman–Crippen LogP) is 2.18. The molecule has 3 heteroatoms. The molecular formula is C14H20O3. The van der Waals surface area contributed by atoms with Crippen LogP contribution in [0.5, 0.6) is 0 Å². The van der Waals surface area contributed by atoms with Gasteiger partial charge in [0.25, 0.3) is 0 Å². The normalized spacial score (nSPS) is 13.8. The molecule has 0 fully saturated rings. The number of aliphatic hydroxyl groups excluding tert-OH is 1. The molecule has 0 spiro atoms. The summed E-state index contributed by atoms with van der Waals surface area (Å²) < 4.78 is 0. The molecule has 1 atom stereocenters. The first-order valence-electron chi connectivity index (χ1n) is 5.78. The van der Waals surface area contributed by atoms with Gasteiger partial charge in [0.2, 0.25) is 0 Å². The third-order valence-electron chi connectivity index (χ3n) is 2.77. The van der Waals surface area contributed by atoms with E-state index in [1.165, 1.54) is 13.8 Å². The van der Waals surface area contributed by atoms with Crippen LogP contribution in [0.4, 0.5) is 0 Å². The summed E-state index contributed by atoms with van der Waals surface area (Å²) in [5.74, 6) is -0.180. The Bertz CT molecular complexity index is 385. The van der Waals surface area contributed by atoms with Crippen molar-refractivity contribution >= 4 is 5.78 Å². The summed E-state index contributed by atoms with van der Waals surface area (Å²) in [6.07, 6.45) is -1.27. The van der Waals surface area contributed by atoms with Gasteiger partial charge in [0, 0.05) is 0 Å². The SMILES string of the molecule is CC(C)c1ccc(C(O)C(=O)C(C)(C)O)cc1. The highest BCUT2D eigenvalue weighted by Gasteiger charge is 2.31. The molecule has 2 N–H and O–H groups in total. The smallest absolute Gasteiger partial charge is 0.196 e. The van der Waals surface area contributed by atoms with Crippen molar-refractivity contribution in [2.24, 2.45) is 0 Å². The highest BCUT2D eigenvalue weighted by molar-refractivity contribution is 5.90.